The smallest absolute Gasteiger partial charge is 0.140 e. The summed E-state index contributed by atoms with van der Waals surface area (Å²) in [4.78, 5) is 5.09. The van der Waals surface area contributed by atoms with E-state index in [1.807, 2.05) is 26.0 Å². The number of halogens is 2. The molecule has 0 aliphatic carbocycles. The summed E-state index contributed by atoms with van der Waals surface area (Å²) in [6.45, 7) is 10.9. The molecule has 0 aliphatic rings. The number of aryl methyl sites for hydroxylation is 2. The minimum Gasteiger partial charge on any atom is -0.493 e. The molecule has 0 unspecified atom stereocenters. The summed E-state index contributed by atoms with van der Waals surface area (Å²) in [5.74, 6) is 1.79. The minimum atomic E-state index is 0.209. The highest BCUT2D eigenvalue weighted by Crippen LogP contribution is 2.31. The average molecular weight is 460 g/mol. The van der Waals surface area contributed by atoms with Crippen molar-refractivity contribution in [2.24, 2.45) is 5.16 Å². The first-order valence-electron chi connectivity index (χ1n) is 10.6. The predicted octanol–water partition coefficient (Wildman–Crippen LogP) is 6.49. The van der Waals surface area contributed by atoms with E-state index < -0.39 is 0 Å². The van der Waals surface area contributed by atoms with E-state index in [0.29, 0.717) is 26.4 Å². The van der Waals surface area contributed by atoms with Crippen molar-refractivity contribution in [3.05, 3.63) is 33.8 Å². The van der Waals surface area contributed by atoms with E-state index in [0.717, 1.165) is 67.0 Å². The summed E-state index contributed by atoms with van der Waals surface area (Å²) < 4.78 is 17.6. The van der Waals surface area contributed by atoms with Crippen LogP contribution in [0.4, 0.5) is 0 Å². The number of ether oxygens (including phenoxy) is 3. The molecule has 5 nitrogen and oxygen atoms in total. The van der Waals surface area contributed by atoms with Crippen LogP contribution in [0.5, 0.6) is 11.5 Å². The Kier molecular flexibility index (Phi) is 14.4. The quantitative estimate of drug-likeness (QED) is 0.161. The van der Waals surface area contributed by atoms with E-state index in [9.17, 15) is 0 Å². The molecule has 0 heterocycles. The molecule has 0 fully saturated rings. The fraction of sp³-hybridized carbons (Fsp3) is 0.609. The molecular weight excluding hydrogens is 425 g/mol. The molecule has 0 aromatic heterocycles. The van der Waals surface area contributed by atoms with Gasteiger partial charge in [0.05, 0.1) is 18.9 Å². The molecule has 0 aliphatic heterocycles. The van der Waals surface area contributed by atoms with Crippen molar-refractivity contribution in [3.8, 4) is 11.5 Å². The summed E-state index contributed by atoms with van der Waals surface area (Å²) in [7, 11) is 0. The van der Waals surface area contributed by atoms with Crippen LogP contribution in [0.3, 0.4) is 0 Å². The molecule has 0 spiro atoms. The van der Waals surface area contributed by atoms with Crippen LogP contribution in [-0.4, -0.2) is 38.7 Å². The van der Waals surface area contributed by atoms with Gasteiger partial charge in [-0.25, -0.2) is 0 Å². The third kappa shape index (κ3) is 11.7. The molecule has 170 valence electrons. The van der Waals surface area contributed by atoms with Crippen LogP contribution in [0.1, 0.15) is 58.1 Å². The zero-order chi connectivity index (χ0) is 22.2. The molecule has 0 amide bonds. The highest BCUT2D eigenvalue weighted by Gasteiger charge is 2.11. The molecule has 7 heteroatoms. The number of rotatable bonds is 16. The van der Waals surface area contributed by atoms with E-state index in [4.69, 9.17) is 42.3 Å². The van der Waals surface area contributed by atoms with Crippen molar-refractivity contribution in [2.45, 2.75) is 59.8 Å². The van der Waals surface area contributed by atoms with Crippen molar-refractivity contribution >= 4 is 28.9 Å². The van der Waals surface area contributed by atoms with Gasteiger partial charge in [-0.1, -0.05) is 42.2 Å². The molecule has 0 radical (unpaired) electrons. The van der Waals surface area contributed by atoms with Gasteiger partial charge in [0.15, 0.2) is 0 Å². The number of benzene rings is 1. The normalized spacial score (nSPS) is 10.5. The van der Waals surface area contributed by atoms with Crippen LogP contribution in [-0.2, 0) is 22.4 Å². The topological polar surface area (TPSA) is 49.3 Å². The molecule has 0 saturated heterocycles. The van der Waals surface area contributed by atoms with Gasteiger partial charge in [0.25, 0.3) is 0 Å². The third-order valence-electron chi connectivity index (χ3n) is 4.21. The summed E-state index contributed by atoms with van der Waals surface area (Å²) in [5, 5.41) is 3.87. The van der Waals surface area contributed by atoms with Gasteiger partial charge in [-0.05, 0) is 75.3 Å². The highest BCUT2D eigenvalue weighted by molar-refractivity contribution is 6.55. The van der Waals surface area contributed by atoms with Gasteiger partial charge < -0.3 is 19.0 Å². The molecule has 1 aromatic carbocycles. The largest absolute Gasteiger partial charge is 0.493 e. The second kappa shape index (κ2) is 16.3. The van der Waals surface area contributed by atoms with Gasteiger partial charge in [-0.3, -0.25) is 0 Å². The summed E-state index contributed by atoms with van der Waals surface area (Å²) in [5.41, 5.74) is 3.21. The van der Waals surface area contributed by atoms with Crippen molar-refractivity contribution in [1.82, 2.24) is 0 Å². The number of oxime groups is 1. The summed E-state index contributed by atoms with van der Waals surface area (Å²) >= 11 is 11.3. The first-order chi connectivity index (χ1) is 14.5. The Labute approximate surface area is 191 Å². The molecule has 30 heavy (non-hydrogen) atoms. The predicted molar refractivity (Wildman–Crippen MR) is 125 cm³/mol. The average Bonchev–Trinajstić information content (AvgIpc) is 2.71. The third-order valence-corrected chi connectivity index (χ3v) is 4.52. The van der Waals surface area contributed by atoms with Crippen LogP contribution in [0.15, 0.2) is 27.9 Å². The lowest BCUT2D eigenvalue weighted by Gasteiger charge is -2.17. The fourth-order valence-electron chi connectivity index (χ4n) is 2.75. The van der Waals surface area contributed by atoms with Crippen molar-refractivity contribution < 1.29 is 19.0 Å². The minimum absolute atomic E-state index is 0.209. The Bertz CT molecular complexity index is 644. The van der Waals surface area contributed by atoms with Crippen LogP contribution in [0.25, 0.3) is 0 Å². The molecule has 1 rings (SSSR count). The van der Waals surface area contributed by atoms with Crippen LogP contribution in [0, 0.1) is 0 Å². The Balaban J connectivity index is 2.36. The molecule has 0 atom stereocenters. The Morgan fingerprint density at radius 1 is 0.900 bits per heavy atom. The van der Waals surface area contributed by atoms with Crippen LogP contribution >= 0.6 is 23.2 Å². The number of hydrogen-bond donors (Lipinski definition) is 0. The second-order valence-corrected chi connectivity index (χ2v) is 7.98. The molecule has 0 bridgehead atoms. The first kappa shape index (κ1) is 26.6. The number of nitrogens with zero attached hydrogens (tertiary/aromatic N) is 1. The second-order valence-electron chi connectivity index (χ2n) is 6.98. The van der Waals surface area contributed by atoms with Crippen LogP contribution < -0.4 is 9.47 Å². The number of hydrogen-bond acceptors (Lipinski definition) is 5. The lowest BCUT2D eigenvalue weighted by Crippen LogP contribution is -2.06. The van der Waals surface area contributed by atoms with Gasteiger partial charge in [0.2, 0.25) is 0 Å². The van der Waals surface area contributed by atoms with E-state index in [-0.39, 0.29) is 4.49 Å². The summed E-state index contributed by atoms with van der Waals surface area (Å²) in [6.07, 6.45) is 6.43. The maximum atomic E-state index is 6.14. The standard InChI is InChI=1S/C23H35Cl2NO4/c1-5-19-16-21(28-13-10-22(24)25)17-20(6-2)23(19)29-12-9-7-8-11-27-14-15-30-26-18(3)4/h10,16-17H,5-9,11-15H2,1-4H3. The van der Waals surface area contributed by atoms with Gasteiger partial charge >= 0.3 is 0 Å². The van der Waals surface area contributed by atoms with E-state index in [2.05, 4.69) is 19.0 Å². The number of unbranched alkanes of at least 4 members (excludes halogenated alkanes) is 2. The summed E-state index contributed by atoms with van der Waals surface area (Å²) in [6, 6.07) is 4.06. The highest BCUT2D eigenvalue weighted by atomic mass is 35.5. The van der Waals surface area contributed by atoms with Gasteiger partial charge in [-0.2, -0.15) is 0 Å². The molecule has 0 N–H and O–H groups in total. The molecule has 0 saturated carbocycles. The monoisotopic (exact) mass is 459 g/mol. The zero-order valence-electron chi connectivity index (χ0n) is 18.6. The Hall–Kier alpha value is -1.43. The van der Waals surface area contributed by atoms with Gasteiger partial charge in [-0.15, -0.1) is 0 Å². The van der Waals surface area contributed by atoms with Crippen molar-refractivity contribution in [1.29, 1.82) is 0 Å². The van der Waals surface area contributed by atoms with Crippen LogP contribution in [0.2, 0.25) is 0 Å². The fourth-order valence-corrected chi connectivity index (χ4v) is 2.87. The van der Waals surface area contributed by atoms with E-state index in [1.54, 1.807) is 6.08 Å². The lowest BCUT2D eigenvalue weighted by atomic mass is 10.0. The zero-order valence-corrected chi connectivity index (χ0v) is 20.2. The Morgan fingerprint density at radius 2 is 1.57 bits per heavy atom. The maximum absolute atomic E-state index is 6.14. The van der Waals surface area contributed by atoms with Crippen molar-refractivity contribution in [3.63, 3.8) is 0 Å². The van der Waals surface area contributed by atoms with E-state index >= 15 is 0 Å². The van der Waals surface area contributed by atoms with Crippen molar-refractivity contribution in [2.75, 3.05) is 33.0 Å². The van der Waals surface area contributed by atoms with E-state index in [1.165, 1.54) is 0 Å². The lowest BCUT2D eigenvalue weighted by molar-refractivity contribution is 0.0488. The molecular formula is C23H35Cl2NO4. The van der Waals surface area contributed by atoms with Gasteiger partial charge in [0.1, 0.15) is 29.2 Å². The van der Waals surface area contributed by atoms with Gasteiger partial charge in [0, 0.05) is 6.61 Å². The molecule has 1 aromatic rings. The first-order valence-corrected chi connectivity index (χ1v) is 11.4. The Morgan fingerprint density at radius 3 is 2.17 bits per heavy atom. The SMILES string of the molecule is CCc1cc(OCC=C(Cl)Cl)cc(CC)c1OCCCCCOCCON=C(C)C. The maximum Gasteiger partial charge on any atom is 0.140 e.